The van der Waals surface area contributed by atoms with Crippen molar-refractivity contribution < 1.29 is 13.6 Å². The van der Waals surface area contributed by atoms with Gasteiger partial charge in [0.25, 0.3) is 0 Å². The summed E-state index contributed by atoms with van der Waals surface area (Å²) in [6.07, 6.45) is 1.66. The summed E-state index contributed by atoms with van der Waals surface area (Å²) < 4.78 is 21.4. The predicted molar refractivity (Wildman–Crippen MR) is 111 cm³/mol. The molecule has 2 heterocycles. The number of nitrogens with one attached hydrogen (secondary N) is 1. The van der Waals surface area contributed by atoms with Crippen LogP contribution in [0.3, 0.4) is 0 Å². The number of anilines is 1. The number of hydrogen-bond donors (Lipinski definition) is 1. The largest absolute Gasteiger partial charge is 0.464 e. The van der Waals surface area contributed by atoms with Crippen LogP contribution in [-0.4, -0.2) is 26.1 Å². The number of benzene rings is 2. The fourth-order valence-corrected chi connectivity index (χ4v) is 3.58. The lowest BCUT2D eigenvalue weighted by atomic mass is 9.95. The van der Waals surface area contributed by atoms with Gasteiger partial charge >= 0.3 is 0 Å². The van der Waals surface area contributed by atoms with E-state index in [0.717, 1.165) is 22.1 Å². The fourth-order valence-electron chi connectivity index (χ4n) is 3.58. The summed E-state index contributed by atoms with van der Waals surface area (Å²) >= 11 is 0. The fraction of sp³-hybridized carbons (Fsp3) is 0.273. The van der Waals surface area contributed by atoms with Gasteiger partial charge in [-0.15, -0.1) is 5.10 Å². The second kappa shape index (κ2) is 7.70. The predicted octanol–water partition coefficient (Wildman–Crippen LogP) is 4.47. The van der Waals surface area contributed by atoms with Gasteiger partial charge in [0.15, 0.2) is 5.82 Å². The Hall–Kier alpha value is -3.55. The highest BCUT2D eigenvalue weighted by Crippen LogP contribution is 2.29. The molecule has 8 heteroatoms. The summed E-state index contributed by atoms with van der Waals surface area (Å²) in [6.45, 7) is 8.04. The quantitative estimate of drug-likeness (QED) is 0.528. The molecule has 0 unspecified atom stereocenters. The molecule has 0 spiro atoms. The molecule has 0 radical (unpaired) electrons. The van der Waals surface area contributed by atoms with E-state index in [1.165, 1.54) is 22.4 Å². The number of rotatable bonds is 5. The third-order valence-electron chi connectivity index (χ3n) is 5.11. The average Bonchev–Trinajstić information content (AvgIpc) is 3.28. The maximum absolute atomic E-state index is 14.3. The minimum atomic E-state index is -0.535. The van der Waals surface area contributed by atoms with Gasteiger partial charge in [0.05, 0.1) is 24.1 Å². The van der Waals surface area contributed by atoms with E-state index in [9.17, 15) is 9.18 Å². The monoisotopic (exact) mass is 407 g/mol. The van der Waals surface area contributed by atoms with Crippen molar-refractivity contribution in [3.8, 4) is 5.69 Å². The molecule has 0 saturated carbocycles. The Kier molecular flexibility index (Phi) is 5.07. The van der Waals surface area contributed by atoms with Crippen LogP contribution in [0.2, 0.25) is 0 Å². The summed E-state index contributed by atoms with van der Waals surface area (Å²) in [5.74, 6) is 0.0407. The Morgan fingerprint density at radius 2 is 2.03 bits per heavy atom. The van der Waals surface area contributed by atoms with Crippen molar-refractivity contribution in [2.24, 2.45) is 0 Å². The summed E-state index contributed by atoms with van der Waals surface area (Å²) in [7, 11) is 0. The van der Waals surface area contributed by atoms with E-state index in [1.54, 1.807) is 19.3 Å². The highest BCUT2D eigenvalue weighted by atomic mass is 19.1. The third-order valence-corrected chi connectivity index (χ3v) is 5.11. The first-order valence-electron chi connectivity index (χ1n) is 9.69. The number of furan rings is 1. The lowest BCUT2D eigenvalue weighted by molar-refractivity contribution is -0.115. The lowest BCUT2D eigenvalue weighted by Crippen LogP contribution is -2.15. The van der Waals surface area contributed by atoms with Crippen LogP contribution in [0.5, 0.6) is 0 Å². The highest BCUT2D eigenvalue weighted by molar-refractivity contribution is 5.95. The summed E-state index contributed by atoms with van der Waals surface area (Å²) in [5.41, 5.74) is 4.49. The topological polar surface area (TPSA) is 85.8 Å². The van der Waals surface area contributed by atoms with Gasteiger partial charge in [-0.3, -0.25) is 4.79 Å². The molecule has 0 fully saturated rings. The molecule has 0 aliphatic heterocycles. The van der Waals surface area contributed by atoms with Gasteiger partial charge in [0.1, 0.15) is 11.4 Å². The summed E-state index contributed by atoms with van der Waals surface area (Å²) in [4.78, 5) is 12.7. The number of nitrogens with zero attached hydrogens (tertiary/aromatic N) is 4. The molecular formula is C22H22FN5O2. The molecule has 7 nitrogen and oxygen atoms in total. The zero-order chi connectivity index (χ0) is 21.4. The lowest BCUT2D eigenvalue weighted by Gasteiger charge is -2.10. The van der Waals surface area contributed by atoms with Crippen molar-refractivity contribution in [3.05, 3.63) is 64.9 Å². The number of aryl methyl sites for hydroxylation is 2. The number of aromatic nitrogens is 4. The normalized spacial score (nSPS) is 11.4. The molecular weight excluding hydrogens is 385 g/mol. The molecule has 0 saturated heterocycles. The Labute approximate surface area is 172 Å². The van der Waals surface area contributed by atoms with Crippen LogP contribution in [0.1, 0.15) is 42.3 Å². The molecule has 154 valence electrons. The molecule has 2 aromatic carbocycles. The number of hydrogen-bond acceptors (Lipinski definition) is 5. The van der Waals surface area contributed by atoms with Crippen LogP contribution in [0.15, 0.2) is 41.0 Å². The van der Waals surface area contributed by atoms with Gasteiger partial charge in [0, 0.05) is 10.9 Å². The first-order valence-corrected chi connectivity index (χ1v) is 9.69. The van der Waals surface area contributed by atoms with Crippen molar-refractivity contribution in [2.45, 2.75) is 40.0 Å². The summed E-state index contributed by atoms with van der Waals surface area (Å²) in [6, 6.07) is 8.39. The standard InChI is InChI=1S/C22H22FN5O2/c1-12(2)17-10-18-15(11-30-21(18)7-13(17)3)8-22(29)24-20-9-16(5-6-19(20)23)28-14(4)25-26-27-28/h5-7,9-12H,8H2,1-4H3,(H,24,29). The molecule has 4 rings (SSSR count). The van der Waals surface area contributed by atoms with Crippen molar-refractivity contribution in [2.75, 3.05) is 5.32 Å². The second-order valence-electron chi connectivity index (χ2n) is 7.65. The van der Waals surface area contributed by atoms with E-state index < -0.39 is 5.82 Å². The van der Waals surface area contributed by atoms with E-state index in [4.69, 9.17) is 4.42 Å². The Bertz CT molecular complexity index is 1240. The number of carbonyl (C=O) groups excluding carboxylic acids is 1. The third kappa shape index (κ3) is 3.68. The zero-order valence-corrected chi connectivity index (χ0v) is 17.2. The molecule has 0 aliphatic carbocycles. The van der Waals surface area contributed by atoms with Gasteiger partial charge in [-0.2, -0.15) is 4.68 Å². The maximum Gasteiger partial charge on any atom is 0.229 e. The van der Waals surface area contributed by atoms with Gasteiger partial charge < -0.3 is 9.73 Å². The van der Waals surface area contributed by atoms with Gasteiger partial charge in [0.2, 0.25) is 5.91 Å². The molecule has 1 amide bonds. The minimum Gasteiger partial charge on any atom is -0.464 e. The SMILES string of the molecule is Cc1cc2occ(CC(=O)Nc3cc(-n4nnnc4C)ccc3F)c2cc1C(C)C. The van der Waals surface area contributed by atoms with Crippen molar-refractivity contribution in [1.82, 2.24) is 20.2 Å². The van der Waals surface area contributed by atoms with Gasteiger partial charge in [-0.05, 0) is 71.7 Å². The van der Waals surface area contributed by atoms with Crippen molar-refractivity contribution in [3.63, 3.8) is 0 Å². The van der Waals surface area contributed by atoms with Crippen LogP contribution in [0.25, 0.3) is 16.7 Å². The van der Waals surface area contributed by atoms with E-state index >= 15 is 0 Å². The van der Waals surface area contributed by atoms with E-state index in [1.807, 2.05) is 13.0 Å². The Morgan fingerprint density at radius 1 is 1.23 bits per heavy atom. The van der Waals surface area contributed by atoms with E-state index in [0.29, 0.717) is 17.4 Å². The first-order chi connectivity index (χ1) is 14.3. The number of fused-ring (bicyclic) bond motifs is 1. The Balaban J connectivity index is 1.58. The van der Waals surface area contributed by atoms with E-state index in [-0.39, 0.29) is 18.0 Å². The summed E-state index contributed by atoms with van der Waals surface area (Å²) in [5, 5.41) is 14.8. The van der Waals surface area contributed by atoms with Crippen molar-refractivity contribution >= 4 is 22.6 Å². The molecule has 4 aromatic rings. The van der Waals surface area contributed by atoms with Gasteiger partial charge in [-0.1, -0.05) is 13.8 Å². The molecule has 0 bridgehead atoms. The van der Waals surface area contributed by atoms with E-state index in [2.05, 4.69) is 40.8 Å². The first kappa shape index (κ1) is 19.8. The Morgan fingerprint density at radius 3 is 2.73 bits per heavy atom. The second-order valence-corrected chi connectivity index (χ2v) is 7.65. The number of amides is 1. The minimum absolute atomic E-state index is 0.0684. The highest BCUT2D eigenvalue weighted by Gasteiger charge is 2.16. The number of halogens is 1. The molecule has 0 aliphatic rings. The van der Waals surface area contributed by atoms with Crippen LogP contribution in [-0.2, 0) is 11.2 Å². The maximum atomic E-state index is 14.3. The van der Waals surface area contributed by atoms with Crippen LogP contribution in [0, 0.1) is 19.7 Å². The van der Waals surface area contributed by atoms with Crippen LogP contribution in [0.4, 0.5) is 10.1 Å². The number of carbonyl (C=O) groups is 1. The van der Waals surface area contributed by atoms with Gasteiger partial charge in [-0.25, -0.2) is 4.39 Å². The molecule has 1 N–H and O–H groups in total. The molecule has 2 aromatic heterocycles. The molecule has 0 atom stereocenters. The average molecular weight is 407 g/mol. The van der Waals surface area contributed by atoms with Crippen LogP contribution < -0.4 is 5.32 Å². The zero-order valence-electron chi connectivity index (χ0n) is 17.2. The van der Waals surface area contributed by atoms with Crippen molar-refractivity contribution in [1.29, 1.82) is 0 Å². The van der Waals surface area contributed by atoms with Crippen LogP contribution >= 0.6 is 0 Å². The smallest absolute Gasteiger partial charge is 0.229 e. The number of tetrazole rings is 1. The molecule has 30 heavy (non-hydrogen) atoms.